The molecule has 1 aliphatic heterocycles. The van der Waals surface area contributed by atoms with Gasteiger partial charge in [0.1, 0.15) is 5.56 Å². The zero-order valence-corrected chi connectivity index (χ0v) is 23.1. The number of ether oxygens (including phenoxy) is 1. The summed E-state index contributed by atoms with van der Waals surface area (Å²) in [6, 6.07) is 15.3. The fraction of sp³-hybridized carbons (Fsp3) is 0.355. The van der Waals surface area contributed by atoms with Crippen molar-refractivity contribution in [2.45, 2.75) is 52.1 Å². The Balaban J connectivity index is 1.40. The fourth-order valence-electron chi connectivity index (χ4n) is 5.88. The number of esters is 1. The summed E-state index contributed by atoms with van der Waals surface area (Å²) in [4.78, 5) is 37.6. The number of carbonyl (C=O) groups excluding carboxylic acids is 1. The van der Waals surface area contributed by atoms with E-state index in [9.17, 15) is 9.59 Å². The maximum Gasteiger partial charge on any atom is 0.343 e. The molecule has 2 unspecified atom stereocenters. The van der Waals surface area contributed by atoms with E-state index in [-0.39, 0.29) is 17.6 Å². The Bertz CT molecular complexity index is 1640. The number of benzene rings is 2. The van der Waals surface area contributed by atoms with Gasteiger partial charge in [0.25, 0.3) is 0 Å². The summed E-state index contributed by atoms with van der Waals surface area (Å²) in [5.74, 6) is -0.287. The molecule has 0 saturated carbocycles. The van der Waals surface area contributed by atoms with Crippen LogP contribution in [0.25, 0.3) is 16.7 Å². The molecule has 1 fully saturated rings. The molecule has 0 amide bonds. The third-order valence-electron chi connectivity index (χ3n) is 7.62. The van der Waals surface area contributed by atoms with Gasteiger partial charge in [-0.2, -0.15) is 4.98 Å². The van der Waals surface area contributed by atoms with Crippen molar-refractivity contribution in [2.24, 2.45) is 0 Å². The zero-order valence-electron chi connectivity index (χ0n) is 23.1. The van der Waals surface area contributed by atoms with E-state index in [4.69, 9.17) is 9.72 Å². The van der Waals surface area contributed by atoms with Gasteiger partial charge in [-0.05, 0) is 81.5 Å². The van der Waals surface area contributed by atoms with E-state index in [1.807, 2.05) is 18.2 Å². The Morgan fingerprint density at radius 3 is 2.67 bits per heavy atom. The highest BCUT2D eigenvalue weighted by atomic mass is 16.5. The van der Waals surface area contributed by atoms with Crippen molar-refractivity contribution in [1.29, 1.82) is 0 Å². The summed E-state index contributed by atoms with van der Waals surface area (Å²) in [6.45, 7) is 8.14. The van der Waals surface area contributed by atoms with Crippen LogP contribution < -0.4 is 21.0 Å². The van der Waals surface area contributed by atoms with Crippen LogP contribution in [-0.4, -0.2) is 52.3 Å². The number of pyridine rings is 1. The lowest BCUT2D eigenvalue weighted by molar-refractivity contribution is 0.0524. The van der Waals surface area contributed by atoms with Crippen molar-refractivity contribution in [1.82, 2.24) is 19.9 Å². The Morgan fingerprint density at radius 1 is 1.07 bits per heavy atom. The number of fused-ring (bicyclic) bond motifs is 2. The van der Waals surface area contributed by atoms with Gasteiger partial charge in [0, 0.05) is 54.6 Å². The number of anilines is 3. The molecule has 1 saturated heterocycles. The molecule has 2 aromatic heterocycles. The summed E-state index contributed by atoms with van der Waals surface area (Å²) in [5.41, 5.74) is 5.38. The average molecular weight is 539 g/mol. The summed E-state index contributed by atoms with van der Waals surface area (Å²) in [6.07, 6.45) is 6.23. The van der Waals surface area contributed by atoms with Crippen LogP contribution in [0.5, 0.6) is 0 Å². The zero-order chi connectivity index (χ0) is 27.8. The number of aromatic nitrogens is 3. The van der Waals surface area contributed by atoms with Crippen molar-refractivity contribution >= 4 is 34.3 Å². The van der Waals surface area contributed by atoms with Gasteiger partial charge in [-0.15, -0.1) is 0 Å². The number of nitrogens with zero attached hydrogens (tertiary/aromatic N) is 4. The molecule has 206 valence electrons. The number of piperazine rings is 1. The van der Waals surface area contributed by atoms with E-state index in [0.29, 0.717) is 23.7 Å². The van der Waals surface area contributed by atoms with Crippen LogP contribution in [0.3, 0.4) is 0 Å². The Morgan fingerprint density at radius 2 is 1.88 bits per heavy atom. The van der Waals surface area contributed by atoms with Gasteiger partial charge < -0.3 is 24.8 Å². The molecule has 2 N–H and O–H groups in total. The van der Waals surface area contributed by atoms with E-state index in [1.54, 1.807) is 17.7 Å². The topological polar surface area (TPSA) is 101 Å². The Kier molecular flexibility index (Phi) is 6.98. The molecule has 6 rings (SSSR count). The largest absolute Gasteiger partial charge is 0.462 e. The number of aryl methyl sites for hydroxylation is 2. The molecule has 0 bridgehead atoms. The second-order valence-corrected chi connectivity index (χ2v) is 10.7. The van der Waals surface area contributed by atoms with Crippen molar-refractivity contribution in [3.8, 4) is 5.69 Å². The van der Waals surface area contributed by atoms with Crippen LogP contribution >= 0.6 is 0 Å². The van der Waals surface area contributed by atoms with Gasteiger partial charge in [0.15, 0.2) is 5.65 Å². The molecule has 9 nitrogen and oxygen atoms in total. The first-order valence-electron chi connectivity index (χ1n) is 14.0. The van der Waals surface area contributed by atoms with Crippen molar-refractivity contribution < 1.29 is 9.53 Å². The molecule has 1 aliphatic carbocycles. The van der Waals surface area contributed by atoms with E-state index in [0.717, 1.165) is 49.4 Å². The lowest BCUT2D eigenvalue weighted by Crippen LogP contribution is -2.54. The highest BCUT2D eigenvalue weighted by molar-refractivity contribution is 5.93. The first kappa shape index (κ1) is 26.0. The Labute approximate surface area is 233 Å². The van der Waals surface area contributed by atoms with E-state index in [1.165, 1.54) is 17.3 Å². The van der Waals surface area contributed by atoms with E-state index >= 15 is 0 Å². The fourth-order valence-corrected chi connectivity index (χ4v) is 5.88. The highest BCUT2D eigenvalue weighted by Gasteiger charge is 2.22. The molecule has 2 aromatic carbocycles. The van der Waals surface area contributed by atoms with Crippen LogP contribution in [0, 0.1) is 0 Å². The number of carbonyl (C=O) groups is 1. The number of nitrogens with one attached hydrogen (secondary N) is 2. The van der Waals surface area contributed by atoms with Crippen molar-refractivity contribution in [2.75, 3.05) is 29.9 Å². The average Bonchev–Trinajstić information content (AvgIpc) is 3.41. The van der Waals surface area contributed by atoms with Crippen LogP contribution in [0.1, 0.15) is 48.7 Å². The van der Waals surface area contributed by atoms with Gasteiger partial charge in [-0.25, -0.2) is 9.78 Å². The maximum absolute atomic E-state index is 13.3. The number of hydrogen-bond acceptors (Lipinski definition) is 8. The van der Waals surface area contributed by atoms with Crippen LogP contribution in [0.4, 0.5) is 17.3 Å². The second-order valence-electron chi connectivity index (χ2n) is 10.7. The van der Waals surface area contributed by atoms with Crippen LogP contribution in [-0.2, 0) is 17.6 Å². The molecular weight excluding hydrogens is 504 g/mol. The minimum atomic E-state index is -0.653. The lowest BCUT2D eigenvalue weighted by atomic mass is 10.1. The molecule has 4 aromatic rings. The predicted octanol–water partition coefficient (Wildman–Crippen LogP) is 4.38. The third kappa shape index (κ3) is 5.04. The first-order chi connectivity index (χ1) is 19.4. The standard InChI is InChI=1S/C31H34N6O3/c1-4-40-30(39)27-18-37(25-12-11-21-7-5-8-22(21)13-25)29-26(28(27)38)15-32-31(35-29)34-23-9-6-10-24(14-23)36-16-19(2)33-20(3)17-36/h6,9-15,18-20,33H,4-5,7-8,16-17H2,1-3H3,(H,32,34,35). The molecule has 0 spiro atoms. The number of hydrogen-bond donors (Lipinski definition) is 2. The molecule has 40 heavy (non-hydrogen) atoms. The normalized spacial score (nSPS) is 18.5. The van der Waals surface area contributed by atoms with Crippen LogP contribution in [0.15, 0.2) is 59.7 Å². The smallest absolute Gasteiger partial charge is 0.343 e. The molecule has 2 atom stereocenters. The SMILES string of the molecule is CCOC(=O)c1cn(-c2ccc3c(c2)CCC3)c2nc(Nc3cccc(N4CC(C)NC(C)C4)c3)ncc2c1=O. The van der Waals surface area contributed by atoms with Gasteiger partial charge >= 0.3 is 5.97 Å². The summed E-state index contributed by atoms with van der Waals surface area (Å²) in [5, 5.41) is 7.15. The second kappa shape index (κ2) is 10.7. The first-order valence-corrected chi connectivity index (χ1v) is 14.0. The molecule has 9 heteroatoms. The third-order valence-corrected chi connectivity index (χ3v) is 7.62. The minimum Gasteiger partial charge on any atom is -0.462 e. The summed E-state index contributed by atoms with van der Waals surface area (Å²) < 4.78 is 6.99. The Hall–Kier alpha value is -4.24. The van der Waals surface area contributed by atoms with Crippen LogP contribution in [0.2, 0.25) is 0 Å². The van der Waals surface area contributed by atoms with Crippen molar-refractivity contribution in [3.63, 3.8) is 0 Å². The van der Waals surface area contributed by atoms with Crippen molar-refractivity contribution in [3.05, 3.63) is 81.8 Å². The monoisotopic (exact) mass is 538 g/mol. The van der Waals surface area contributed by atoms with E-state index in [2.05, 4.69) is 58.6 Å². The molecular formula is C31H34N6O3. The highest BCUT2D eigenvalue weighted by Crippen LogP contribution is 2.27. The molecule has 0 radical (unpaired) electrons. The molecule has 3 heterocycles. The maximum atomic E-state index is 13.3. The number of rotatable bonds is 6. The quantitative estimate of drug-likeness (QED) is 0.349. The van der Waals surface area contributed by atoms with Gasteiger partial charge in [0.2, 0.25) is 11.4 Å². The summed E-state index contributed by atoms with van der Waals surface area (Å²) in [7, 11) is 0. The lowest BCUT2D eigenvalue weighted by Gasteiger charge is -2.37. The van der Waals surface area contributed by atoms with Gasteiger partial charge in [0.05, 0.1) is 12.0 Å². The predicted molar refractivity (Wildman–Crippen MR) is 157 cm³/mol. The molecule has 2 aliphatic rings. The van der Waals surface area contributed by atoms with Gasteiger partial charge in [-0.1, -0.05) is 12.1 Å². The minimum absolute atomic E-state index is 0.0358. The van der Waals surface area contributed by atoms with E-state index < -0.39 is 11.4 Å². The summed E-state index contributed by atoms with van der Waals surface area (Å²) >= 11 is 0. The van der Waals surface area contributed by atoms with Gasteiger partial charge in [-0.3, -0.25) is 4.79 Å².